The quantitative estimate of drug-likeness (QED) is 0.914. The third-order valence-electron chi connectivity index (χ3n) is 5.08. The summed E-state index contributed by atoms with van der Waals surface area (Å²) < 4.78 is 26.7. The van der Waals surface area contributed by atoms with E-state index < -0.39 is 9.92 Å². The predicted molar refractivity (Wildman–Crippen MR) is 93.7 cm³/mol. The highest BCUT2D eigenvalue weighted by atomic mass is 32.2. The molecule has 0 amide bonds. The summed E-state index contributed by atoms with van der Waals surface area (Å²) in [5.41, 5.74) is 0.958. The van der Waals surface area contributed by atoms with Crippen LogP contribution in [0.1, 0.15) is 6.42 Å². The standard InChI is InChI=1S/C16H21N5O2S/c1-23-13-5-3-4-12-14(13)18-11-19-15(12)20-7-6-16(8-20)9-21(10-16)24(2,17)22/h3-5,11,17H,6-10H2,1-2H3. The fraction of sp³-hybridized carbons (Fsp3) is 0.500. The van der Waals surface area contributed by atoms with Gasteiger partial charge in [0.1, 0.15) is 33.3 Å². The molecule has 2 saturated heterocycles. The van der Waals surface area contributed by atoms with Crippen LogP contribution in [0.5, 0.6) is 5.75 Å². The molecule has 1 N–H and O–H groups in total. The molecule has 1 spiro atoms. The third-order valence-corrected chi connectivity index (χ3v) is 6.32. The fourth-order valence-electron chi connectivity index (χ4n) is 3.79. The molecule has 0 bridgehead atoms. The van der Waals surface area contributed by atoms with Crippen molar-refractivity contribution in [1.29, 1.82) is 4.78 Å². The van der Waals surface area contributed by atoms with Gasteiger partial charge in [-0.3, -0.25) is 0 Å². The summed E-state index contributed by atoms with van der Waals surface area (Å²) in [6.45, 7) is 3.26. The van der Waals surface area contributed by atoms with Gasteiger partial charge >= 0.3 is 0 Å². The van der Waals surface area contributed by atoms with Gasteiger partial charge < -0.3 is 9.64 Å². The van der Waals surface area contributed by atoms with Crippen LogP contribution in [-0.4, -0.2) is 58.0 Å². The number of para-hydroxylation sites is 1. The van der Waals surface area contributed by atoms with Crippen LogP contribution in [0.25, 0.3) is 10.9 Å². The Hall–Kier alpha value is -1.93. The number of anilines is 1. The van der Waals surface area contributed by atoms with E-state index in [9.17, 15) is 4.21 Å². The number of rotatable bonds is 3. The number of methoxy groups -OCH3 is 1. The molecule has 1 atom stereocenters. The highest BCUT2D eigenvalue weighted by Crippen LogP contribution is 2.43. The number of hydrogen-bond acceptors (Lipinski definition) is 6. The monoisotopic (exact) mass is 347 g/mol. The molecule has 0 radical (unpaired) electrons. The van der Waals surface area contributed by atoms with Crippen LogP contribution in [0.4, 0.5) is 5.82 Å². The van der Waals surface area contributed by atoms with Gasteiger partial charge in [0.2, 0.25) is 0 Å². The van der Waals surface area contributed by atoms with E-state index in [1.807, 2.05) is 18.2 Å². The molecule has 24 heavy (non-hydrogen) atoms. The van der Waals surface area contributed by atoms with E-state index in [0.29, 0.717) is 0 Å². The SMILES string of the molecule is COc1cccc2c(N3CCC4(C3)CN(S(C)(=N)=O)C4)ncnc12. The van der Waals surface area contributed by atoms with Crippen molar-refractivity contribution in [3.63, 3.8) is 0 Å². The molecule has 2 fully saturated rings. The smallest absolute Gasteiger partial charge is 0.145 e. The van der Waals surface area contributed by atoms with Crippen molar-refractivity contribution in [2.45, 2.75) is 6.42 Å². The van der Waals surface area contributed by atoms with Gasteiger partial charge in [-0.25, -0.2) is 23.3 Å². The number of fused-ring (bicyclic) bond motifs is 1. The first-order valence-electron chi connectivity index (χ1n) is 7.93. The molecular weight excluding hydrogens is 326 g/mol. The van der Waals surface area contributed by atoms with Gasteiger partial charge in [0.25, 0.3) is 0 Å². The van der Waals surface area contributed by atoms with Gasteiger partial charge in [-0.05, 0) is 18.6 Å². The molecule has 0 saturated carbocycles. The Labute approximate surface area is 141 Å². The molecular formula is C16H21N5O2S. The zero-order valence-corrected chi connectivity index (χ0v) is 14.7. The molecule has 4 rings (SSSR count). The summed E-state index contributed by atoms with van der Waals surface area (Å²) in [4.78, 5) is 11.2. The molecule has 3 heterocycles. The topological polar surface area (TPSA) is 82.4 Å². The minimum atomic E-state index is -2.58. The van der Waals surface area contributed by atoms with E-state index in [2.05, 4.69) is 14.9 Å². The maximum atomic E-state index is 11.9. The van der Waals surface area contributed by atoms with Crippen molar-refractivity contribution in [1.82, 2.24) is 14.3 Å². The van der Waals surface area contributed by atoms with E-state index in [1.54, 1.807) is 17.7 Å². The molecule has 2 aromatic rings. The van der Waals surface area contributed by atoms with Crippen molar-refractivity contribution in [3.8, 4) is 5.75 Å². The summed E-state index contributed by atoms with van der Waals surface area (Å²) in [5.74, 6) is 1.68. The van der Waals surface area contributed by atoms with E-state index in [4.69, 9.17) is 9.52 Å². The van der Waals surface area contributed by atoms with Crippen LogP contribution in [-0.2, 0) is 9.92 Å². The average Bonchev–Trinajstić information content (AvgIpc) is 2.97. The highest BCUT2D eigenvalue weighted by molar-refractivity contribution is 7.89. The summed E-state index contributed by atoms with van der Waals surface area (Å²) in [7, 11) is -0.936. The van der Waals surface area contributed by atoms with Gasteiger partial charge in [0.15, 0.2) is 0 Å². The third kappa shape index (κ3) is 2.41. The zero-order valence-electron chi connectivity index (χ0n) is 13.9. The van der Waals surface area contributed by atoms with Gasteiger partial charge in [-0.2, -0.15) is 0 Å². The number of nitrogens with zero attached hydrogens (tertiary/aromatic N) is 4. The molecule has 0 aliphatic carbocycles. The lowest BCUT2D eigenvalue weighted by atomic mass is 9.81. The van der Waals surface area contributed by atoms with E-state index >= 15 is 0 Å². The van der Waals surface area contributed by atoms with Crippen LogP contribution in [0.3, 0.4) is 0 Å². The van der Waals surface area contributed by atoms with Crippen LogP contribution in [0, 0.1) is 10.2 Å². The van der Waals surface area contributed by atoms with Crippen LogP contribution >= 0.6 is 0 Å². The van der Waals surface area contributed by atoms with Crippen molar-refractivity contribution < 1.29 is 8.95 Å². The Bertz CT molecular complexity index is 892. The molecule has 8 heteroatoms. The summed E-state index contributed by atoms with van der Waals surface area (Å²) in [6, 6.07) is 5.88. The second-order valence-corrected chi connectivity index (χ2v) is 8.95. The largest absolute Gasteiger partial charge is 0.494 e. The van der Waals surface area contributed by atoms with Crippen molar-refractivity contribution >= 4 is 26.6 Å². The van der Waals surface area contributed by atoms with E-state index in [0.717, 1.165) is 55.1 Å². The van der Waals surface area contributed by atoms with Crippen LogP contribution in [0.2, 0.25) is 0 Å². The molecule has 1 aromatic heterocycles. The first-order chi connectivity index (χ1) is 11.4. The lowest BCUT2D eigenvalue weighted by Crippen LogP contribution is -2.58. The average molecular weight is 347 g/mol. The van der Waals surface area contributed by atoms with Gasteiger partial charge in [-0.1, -0.05) is 6.07 Å². The Morgan fingerprint density at radius 2 is 2.08 bits per heavy atom. The number of benzene rings is 1. The van der Waals surface area contributed by atoms with Crippen molar-refractivity contribution in [2.75, 3.05) is 44.4 Å². The second-order valence-electron chi connectivity index (χ2n) is 6.83. The fourth-order valence-corrected chi connectivity index (χ4v) is 4.83. The second kappa shape index (κ2) is 5.29. The summed E-state index contributed by atoms with van der Waals surface area (Å²) >= 11 is 0. The Kier molecular flexibility index (Phi) is 3.43. The van der Waals surface area contributed by atoms with E-state index in [1.165, 1.54) is 6.26 Å². The summed E-state index contributed by atoms with van der Waals surface area (Å²) in [6.07, 6.45) is 4.12. The Morgan fingerprint density at radius 1 is 1.29 bits per heavy atom. The van der Waals surface area contributed by atoms with Gasteiger partial charge in [0, 0.05) is 43.2 Å². The molecule has 7 nitrogen and oxygen atoms in total. The van der Waals surface area contributed by atoms with Gasteiger partial charge in [0.05, 0.1) is 7.11 Å². The highest BCUT2D eigenvalue weighted by Gasteiger charge is 2.50. The molecule has 1 aromatic carbocycles. The maximum Gasteiger partial charge on any atom is 0.145 e. The first kappa shape index (κ1) is 15.6. The van der Waals surface area contributed by atoms with Crippen molar-refractivity contribution in [3.05, 3.63) is 24.5 Å². The molecule has 128 valence electrons. The van der Waals surface area contributed by atoms with Crippen molar-refractivity contribution in [2.24, 2.45) is 5.41 Å². The van der Waals surface area contributed by atoms with Crippen LogP contribution < -0.4 is 9.64 Å². The summed E-state index contributed by atoms with van der Waals surface area (Å²) in [5, 5.41) is 0.991. The number of aromatic nitrogens is 2. The molecule has 2 aliphatic heterocycles. The maximum absolute atomic E-state index is 11.9. The number of nitrogens with one attached hydrogen (secondary N) is 1. The predicted octanol–water partition coefficient (Wildman–Crippen LogP) is 1.74. The minimum absolute atomic E-state index is 0.135. The number of ether oxygens (including phenoxy) is 1. The molecule has 1 unspecified atom stereocenters. The molecule has 2 aliphatic rings. The minimum Gasteiger partial charge on any atom is -0.494 e. The zero-order chi connectivity index (χ0) is 16.9. The first-order valence-corrected chi connectivity index (χ1v) is 9.86. The lowest BCUT2D eigenvalue weighted by molar-refractivity contribution is 0.0978. The lowest BCUT2D eigenvalue weighted by Gasteiger charge is -2.47. The van der Waals surface area contributed by atoms with Crippen LogP contribution in [0.15, 0.2) is 24.5 Å². The Balaban J connectivity index is 1.62. The number of hydrogen-bond donors (Lipinski definition) is 1. The van der Waals surface area contributed by atoms with Gasteiger partial charge in [-0.15, -0.1) is 0 Å². The Morgan fingerprint density at radius 3 is 2.79 bits per heavy atom. The normalized spacial score (nSPS) is 22.5. The van der Waals surface area contributed by atoms with E-state index in [-0.39, 0.29) is 5.41 Å².